The molecule has 0 aliphatic carbocycles. The molecule has 3 aromatic carbocycles. The predicted octanol–water partition coefficient (Wildman–Crippen LogP) is 4.23. The van der Waals surface area contributed by atoms with Crippen LogP contribution in [0.15, 0.2) is 66.7 Å². The van der Waals surface area contributed by atoms with Crippen LogP contribution < -0.4 is 15.5 Å². The maximum Gasteiger partial charge on any atom is 0.276 e. The highest BCUT2D eigenvalue weighted by atomic mass is 19.1. The summed E-state index contributed by atoms with van der Waals surface area (Å²) in [6, 6.07) is 19.3. The van der Waals surface area contributed by atoms with Crippen LogP contribution in [-0.4, -0.2) is 12.5 Å². The maximum atomic E-state index is 12.9. The van der Waals surface area contributed by atoms with E-state index in [-0.39, 0.29) is 18.3 Å². The summed E-state index contributed by atoms with van der Waals surface area (Å²) < 4.78 is 18.5. The minimum atomic E-state index is -0.349. The molecule has 0 radical (unpaired) electrons. The minimum absolute atomic E-state index is 0.152. The number of carbonyl (C=O) groups is 1. The highest BCUT2D eigenvalue weighted by Crippen LogP contribution is 2.26. The number of halogens is 1. The van der Waals surface area contributed by atoms with Gasteiger partial charge in [-0.2, -0.15) is 0 Å². The first-order chi connectivity index (χ1) is 14.2. The summed E-state index contributed by atoms with van der Waals surface area (Å²) in [4.78, 5) is 17.8. The number of hydrogen-bond donors (Lipinski definition) is 2. The van der Waals surface area contributed by atoms with Crippen molar-refractivity contribution < 1.29 is 18.8 Å². The van der Waals surface area contributed by atoms with E-state index in [0.29, 0.717) is 17.8 Å². The van der Waals surface area contributed by atoms with Crippen LogP contribution in [0.25, 0.3) is 0 Å². The van der Waals surface area contributed by atoms with Gasteiger partial charge in [0, 0.05) is 18.7 Å². The van der Waals surface area contributed by atoms with Crippen molar-refractivity contribution in [3.05, 3.63) is 94.8 Å². The number of para-hydroxylation sites is 1. The van der Waals surface area contributed by atoms with E-state index in [1.807, 2.05) is 24.3 Å². The number of rotatable bonds is 7. The van der Waals surface area contributed by atoms with Crippen LogP contribution in [0, 0.1) is 5.82 Å². The Bertz CT molecular complexity index is 1010. The first-order valence-corrected chi connectivity index (χ1v) is 9.43. The first-order valence-electron chi connectivity index (χ1n) is 9.43. The highest BCUT2D eigenvalue weighted by molar-refractivity contribution is 5.99. The van der Waals surface area contributed by atoms with E-state index in [0.717, 1.165) is 29.9 Å². The third-order valence-corrected chi connectivity index (χ3v) is 4.73. The zero-order valence-corrected chi connectivity index (χ0v) is 15.8. The molecule has 0 saturated heterocycles. The van der Waals surface area contributed by atoms with Crippen LogP contribution >= 0.6 is 0 Å². The van der Waals surface area contributed by atoms with Crippen molar-refractivity contribution in [3.63, 3.8) is 0 Å². The SMILES string of the molecule is O=C(NOCc1ccc(F)cc1)c1ccccc1NCc1ccc2c(c1)CCO2. The average molecular weight is 392 g/mol. The predicted molar refractivity (Wildman–Crippen MR) is 108 cm³/mol. The summed E-state index contributed by atoms with van der Waals surface area (Å²) in [6.07, 6.45) is 0.924. The Hall–Kier alpha value is -3.38. The second kappa shape index (κ2) is 8.75. The first kappa shape index (κ1) is 19.0. The van der Waals surface area contributed by atoms with Crippen LogP contribution in [0.3, 0.4) is 0 Å². The van der Waals surface area contributed by atoms with Crippen molar-refractivity contribution in [2.45, 2.75) is 19.6 Å². The molecule has 1 amide bonds. The van der Waals surface area contributed by atoms with Gasteiger partial charge in [-0.1, -0.05) is 36.4 Å². The summed E-state index contributed by atoms with van der Waals surface area (Å²) in [6.45, 7) is 1.47. The summed E-state index contributed by atoms with van der Waals surface area (Å²) in [5.74, 6) is 0.290. The Morgan fingerprint density at radius 2 is 1.83 bits per heavy atom. The number of carbonyl (C=O) groups excluding carboxylic acids is 1. The molecule has 29 heavy (non-hydrogen) atoms. The summed E-state index contributed by atoms with van der Waals surface area (Å²) in [7, 11) is 0. The van der Waals surface area contributed by atoms with Gasteiger partial charge in [0.25, 0.3) is 5.91 Å². The normalized spacial score (nSPS) is 12.2. The van der Waals surface area contributed by atoms with E-state index in [1.165, 1.54) is 17.7 Å². The molecule has 0 fully saturated rings. The Labute approximate surface area is 168 Å². The van der Waals surface area contributed by atoms with Gasteiger partial charge in [-0.25, -0.2) is 9.87 Å². The van der Waals surface area contributed by atoms with Crippen LogP contribution in [0.4, 0.5) is 10.1 Å². The molecule has 0 bridgehead atoms. The quantitative estimate of drug-likeness (QED) is 0.591. The second-order valence-electron chi connectivity index (χ2n) is 6.79. The number of hydroxylamine groups is 1. The van der Waals surface area contributed by atoms with Gasteiger partial charge in [0.2, 0.25) is 0 Å². The van der Waals surface area contributed by atoms with Crippen molar-refractivity contribution in [2.24, 2.45) is 0 Å². The number of anilines is 1. The van der Waals surface area contributed by atoms with Crippen molar-refractivity contribution in [3.8, 4) is 5.75 Å². The molecule has 4 rings (SSSR count). The molecule has 0 spiro atoms. The second-order valence-corrected chi connectivity index (χ2v) is 6.79. The Morgan fingerprint density at radius 3 is 2.69 bits per heavy atom. The van der Waals surface area contributed by atoms with Crippen molar-refractivity contribution in [1.82, 2.24) is 5.48 Å². The lowest BCUT2D eigenvalue weighted by Crippen LogP contribution is -2.24. The lowest BCUT2D eigenvalue weighted by molar-refractivity contribution is 0.0234. The zero-order valence-electron chi connectivity index (χ0n) is 15.8. The Kier molecular flexibility index (Phi) is 5.72. The van der Waals surface area contributed by atoms with E-state index in [9.17, 15) is 9.18 Å². The third-order valence-electron chi connectivity index (χ3n) is 4.73. The van der Waals surface area contributed by atoms with Crippen molar-refractivity contribution >= 4 is 11.6 Å². The molecule has 0 unspecified atom stereocenters. The van der Waals surface area contributed by atoms with Gasteiger partial charge < -0.3 is 10.1 Å². The van der Waals surface area contributed by atoms with Crippen molar-refractivity contribution in [2.75, 3.05) is 11.9 Å². The third kappa shape index (κ3) is 4.73. The molecule has 0 atom stereocenters. The van der Waals surface area contributed by atoms with E-state index in [4.69, 9.17) is 9.57 Å². The molecule has 1 aliphatic rings. The fourth-order valence-corrected chi connectivity index (χ4v) is 3.20. The van der Waals surface area contributed by atoms with Crippen LogP contribution in [-0.2, 0) is 24.4 Å². The average Bonchev–Trinajstić information content (AvgIpc) is 3.22. The molecule has 3 aromatic rings. The smallest absolute Gasteiger partial charge is 0.276 e. The molecule has 6 heteroatoms. The summed E-state index contributed by atoms with van der Waals surface area (Å²) in [5.41, 5.74) is 6.74. The van der Waals surface area contributed by atoms with E-state index < -0.39 is 0 Å². The molecule has 148 valence electrons. The molecule has 1 aliphatic heterocycles. The Morgan fingerprint density at radius 1 is 1.03 bits per heavy atom. The molecule has 0 aromatic heterocycles. The van der Waals surface area contributed by atoms with Crippen LogP contribution in [0.2, 0.25) is 0 Å². The number of nitrogens with one attached hydrogen (secondary N) is 2. The molecule has 2 N–H and O–H groups in total. The lowest BCUT2D eigenvalue weighted by Gasteiger charge is -2.13. The van der Waals surface area contributed by atoms with Crippen LogP contribution in [0.5, 0.6) is 5.75 Å². The summed E-state index contributed by atoms with van der Waals surface area (Å²) in [5, 5.41) is 3.32. The highest BCUT2D eigenvalue weighted by Gasteiger charge is 2.13. The molecule has 5 nitrogen and oxygen atoms in total. The number of amides is 1. The topological polar surface area (TPSA) is 59.6 Å². The van der Waals surface area contributed by atoms with Gasteiger partial charge in [-0.3, -0.25) is 9.63 Å². The molecule has 1 heterocycles. The largest absolute Gasteiger partial charge is 0.493 e. The zero-order chi connectivity index (χ0) is 20.1. The standard InChI is InChI=1S/C23H21FN2O3/c24-19-8-5-16(6-9-19)15-29-26-23(27)20-3-1-2-4-21(20)25-14-17-7-10-22-18(13-17)11-12-28-22/h1-10,13,25H,11-12,14-15H2,(H,26,27). The molecular weight excluding hydrogens is 371 g/mol. The lowest BCUT2D eigenvalue weighted by atomic mass is 10.1. The van der Waals surface area contributed by atoms with E-state index >= 15 is 0 Å². The molecule has 0 saturated carbocycles. The summed E-state index contributed by atoms with van der Waals surface area (Å²) >= 11 is 0. The number of fused-ring (bicyclic) bond motifs is 1. The minimum Gasteiger partial charge on any atom is -0.493 e. The fraction of sp³-hybridized carbons (Fsp3) is 0.174. The van der Waals surface area contributed by atoms with Gasteiger partial charge in [-0.15, -0.1) is 0 Å². The Balaban J connectivity index is 1.35. The number of benzene rings is 3. The molecular formula is C23H21FN2O3. The van der Waals surface area contributed by atoms with Gasteiger partial charge in [0.1, 0.15) is 11.6 Å². The van der Waals surface area contributed by atoms with E-state index in [2.05, 4.69) is 16.9 Å². The van der Waals surface area contributed by atoms with E-state index in [1.54, 1.807) is 24.3 Å². The number of ether oxygens (including phenoxy) is 1. The number of hydrogen-bond acceptors (Lipinski definition) is 4. The van der Waals surface area contributed by atoms with Gasteiger partial charge in [-0.05, 0) is 47.0 Å². The van der Waals surface area contributed by atoms with Gasteiger partial charge in [0.15, 0.2) is 0 Å². The van der Waals surface area contributed by atoms with Crippen LogP contribution in [0.1, 0.15) is 27.0 Å². The van der Waals surface area contributed by atoms with Crippen molar-refractivity contribution in [1.29, 1.82) is 0 Å². The van der Waals surface area contributed by atoms with Gasteiger partial charge in [0.05, 0.1) is 18.8 Å². The monoisotopic (exact) mass is 392 g/mol. The van der Waals surface area contributed by atoms with Gasteiger partial charge >= 0.3 is 0 Å². The fourth-order valence-electron chi connectivity index (χ4n) is 3.20. The maximum absolute atomic E-state index is 12.9.